The zero-order valence-corrected chi connectivity index (χ0v) is 18.2. The van der Waals surface area contributed by atoms with E-state index in [1.54, 1.807) is 0 Å². The summed E-state index contributed by atoms with van der Waals surface area (Å²) in [4.78, 5) is 0. The summed E-state index contributed by atoms with van der Waals surface area (Å²) in [5.74, 6) is 0.956. The Kier molecular flexibility index (Phi) is 11.4. The third-order valence-corrected chi connectivity index (χ3v) is 5.73. The van der Waals surface area contributed by atoms with Crippen molar-refractivity contribution < 1.29 is 9.47 Å². The van der Waals surface area contributed by atoms with Gasteiger partial charge in [-0.3, -0.25) is 0 Å². The Bertz CT molecular complexity index is 516. The molecule has 1 aliphatic heterocycles. The van der Waals surface area contributed by atoms with Gasteiger partial charge in [-0.2, -0.15) is 0 Å². The van der Waals surface area contributed by atoms with Crippen LogP contribution in [0.4, 0.5) is 0 Å². The molecule has 1 aromatic carbocycles. The topological polar surface area (TPSA) is 21.8 Å². The van der Waals surface area contributed by atoms with E-state index in [2.05, 4.69) is 37.8 Å². The maximum absolute atomic E-state index is 5.79. The number of epoxide rings is 1. The summed E-state index contributed by atoms with van der Waals surface area (Å²) in [6.07, 6.45) is 21.1. The van der Waals surface area contributed by atoms with Gasteiger partial charge < -0.3 is 9.47 Å². The summed E-state index contributed by atoms with van der Waals surface area (Å²) in [7, 11) is 0. The van der Waals surface area contributed by atoms with Gasteiger partial charge in [-0.15, -0.1) is 6.58 Å². The molecule has 0 N–H and O–H groups in total. The maximum atomic E-state index is 5.79. The van der Waals surface area contributed by atoms with Crippen LogP contribution in [0.2, 0.25) is 0 Å². The highest BCUT2D eigenvalue weighted by molar-refractivity contribution is 5.27. The van der Waals surface area contributed by atoms with Crippen molar-refractivity contribution in [1.82, 2.24) is 0 Å². The second kappa shape index (κ2) is 13.8. The molecule has 2 rings (SSSR count). The number of hydrogen-bond donors (Lipinski definition) is 0. The van der Waals surface area contributed by atoms with Crippen LogP contribution < -0.4 is 4.74 Å². The lowest BCUT2D eigenvalue weighted by molar-refractivity contribution is 0.202. The number of unbranched alkanes of at least 4 members (excludes halogenated alkanes) is 12. The van der Waals surface area contributed by atoms with Crippen molar-refractivity contribution in [2.24, 2.45) is 0 Å². The Labute approximate surface area is 173 Å². The third kappa shape index (κ3) is 10.9. The summed E-state index contributed by atoms with van der Waals surface area (Å²) in [5, 5.41) is 0. The molecular weight excluding hydrogens is 344 g/mol. The van der Waals surface area contributed by atoms with Crippen molar-refractivity contribution >= 4 is 0 Å². The quantitative estimate of drug-likeness (QED) is 0.147. The van der Waals surface area contributed by atoms with Crippen LogP contribution in [-0.2, 0) is 11.2 Å². The highest BCUT2D eigenvalue weighted by Crippen LogP contribution is 2.27. The first-order valence-corrected chi connectivity index (χ1v) is 11.7. The molecule has 1 aliphatic rings. The first-order valence-electron chi connectivity index (χ1n) is 11.7. The molecular formula is C26H42O2. The predicted octanol–water partition coefficient (Wildman–Crippen LogP) is 7.65. The van der Waals surface area contributed by atoms with E-state index >= 15 is 0 Å². The van der Waals surface area contributed by atoms with Crippen molar-refractivity contribution in [3.63, 3.8) is 0 Å². The minimum atomic E-state index is -0.0377. The Hall–Kier alpha value is -1.28. The summed E-state index contributed by atoms with van der Waals surface area (Å²) in [6.45, 7) is 7.35. The van der Waals surface area contributed by atoms with Crippen LogP contribution in [0.3, 0.4) is 0 Å². The Balaban J connectivity index is 1.36. The van der Waals surface area contributed by atoms with E-state index in [-0.39, 0.29) is 5.60 Å². The van der Waals surface area contributed by atoms with E-state index in [9.17, 15) is 0 Å². The van der Waals surface area contributed by atoms with Gasteiger partial charge in [-0.25, -0.2) is 0 Å². The molecule has 1 atom stereocenters. The minimum absolute atomic E-state index is 0.0377. The number of ether oxygens (including phenoxy) is 2. The number of aryl methyl sites for hydroxylation is 1. The van der Waals surface area contributed by atoms with E-state index in [1.807, 2.05) is 6.08 Å². The number of rotatable bonds is 18. The number of allylic oxidation sites excluding steroid dienone is 1. The molecule has 28 heavy (non-hydrogen) atoms. The molecule has 0 bridgehead atoms. The van der Waals surface area contributed by atoms with Gasteiger partial charge in [0.25, 0.3) is 0 Å². The minimum Gasteiger partial charge on any atom is -0.491 e. The van der Waals surface area contributed by atoms with E-state index in [0.717, 1.165) is 12.4 Å². The molecule has 1 fully saturated rings. The van der Waals surface area contributed by atoms with Gasteiger partial charge in [0.05, 0.1) is 6.61 Å². The average molecular weight is 387 g/mol. The third-order valence-electron chi connectivity index (χ3n) is 5.73. The smallest absolute Gasteiger partial charge is 0.123 e. The Morgan fingerprint density at radius 1 is 0.857 bits per heavy atom. The van der Waals surface area contributed by atoms with E-state index in [0.29, 0.717) is 6.61 Å². The van der Waals surface area contributed by atoms with Crippen LogP contribution >= 0.6 is 0 Å². The highest BCUT2D eigenvalue weighted by atomic mass is 16.6. The SMILES string of the molecule is C=CCCCCCCCCCCCCCCc1ccc(OCC2(C)CO2)cc1. The van der Waals surface area contributed by atoms with Gasteiger partial charge >= 0.3 is 0 Å². The molecule has 0 spiro atoms. The standard InChI is InChI=1S/C26H42O2/c1-3-4-5-6-7-8-9-10-11-12-13-14-15-16-17-24-18-20-25(21-19-24)27-22-26(2)23-28-26/h3,18-21H,1,4-17,22-23H2,2H3. The van der Waals surface area contributed by atoms with E-state index in [1.165, 1.54) is 95.5 Å². The van der Waals surface area contributed by atoms with Crippen molar-refractivity contribution in [3.05, 3.63) is 42.5 Å². The largest absolute Gasteiger partial charge is 0.491 e. The number of hydrogen-bond acceptors (Lipinski definition) is 2. The summed E-state index contributed by atoms with van der Waals surface area (Å²) < 4.78 is 11.1. The maximum Gasteiger partial charge on any atom is 0.123 e. The fourth-order valence-corrected chi connectivity index (χ4v) is 3.58. The Morgan fingerprint density at radius 3 is 1.86 bits per heavy atom. The van der Waals surface area contributed by atoms with Crippen LogP contribution in [0.25, 0.3) is 0 Å². The summed E-state index contributed by atoms with van der Waals surface area (Å²) in [6, 6.07) is 8.62. The molecule has 2 nitrogen and oxygen atoms in total. The zero-order valence-electron chi connectivity index (χ0n) is 18.2. The molecule has 2 heteroatoms. The molecule has 1 saturated heterocycles. The van der Waals surface area contributed by atoms with Crippen LogP contribution in [0, 0.1) is 0 Å². The normalized spacial score (nSPS) is 18.2. The number of benzene rings is 1. The molecule has 1 heterocycles. The fraction of sp³-hybridized carbons (Fsp3) is 0.692. The van der Waals surface area contributed by atoms with E-state index in [4.69, 9.17) is 9.47 Å². The monoisotopic (exact) mass is 386 g/mol. The highest BCUT2D eigenvalue weighted by Gasteiger charge is 2.40. The predicted molar refractivity (Wildman–Crippen MR) is 120 cm³/mol. The van der Waals surface area contributed by atoms with Crippen LogP contribution in [0.5, 0.6) is 5.75 Å². The van der Waals surface area contributed by atoms with E-state index < -0.39 is 0 Å². The molecule has 0 radical (unpaired) electrons. The lowest BCUT2D eigenvalue weighted by atomic mass is 10.0. The van der Waals surface area contributed by atoms with Gasteiger partial charge in [-0.05, 0) is 50.3 Å². The molecule has 158 valence electrons. The second-order valence-corrected chi connectivity index (χ2v) is 8.74. The van der Waals surface area contributed by atoms with Crippen molar-refractivity contribution in [2.75, 3.05) is 13.2 Å². The molecule has 0 aliphatic carbocycles. The van der Waals surface area contributed by atoms with Crippen molar-refractivity contribution in [1.29, 1.82) is 0 Å². The van der Waals surface area contributed by atoms with Gasteiger partial charge in [0.15, 0.2) is 0 Å². The summed E-state index contributed by atoms with van der Waals surface area (Å²) >= 11 is 0. The fourth-order valence-electron chi connectivity index (χ4n) is 3.58. The first kappa shape index (κ1) is 23.0. The average Bonchev–Trinajstić information content (AvgIpc) is 3.45. The van der Waals surface area contributed by atoms with Gasteiger partial charge in [-0.1, -0.05) is 82.4 Å². The second-order valence-electron chi connectivity index (χ2n) is 8.74. The van der Waals surface area contributed by atoms with Gasteiger partial charge in [0.2, 0.25) is 0 Å². The molecule has 1 unspecified atom stereocenters. The van der Waals surface area contributed by atoms with Gasteiger partial charge in [0.1, 0.15) is 18.0 Å². The summed E-state index contributed by atoms with van der Waals surface area (Å²) in [5.41, 5.74) is 1.39. The lowest BCUT2D eigenvalue weighted by Gasteiger charge is -2.09. The Morgan fingerprint density at radius 2 is 1.36 bits per heavy atom. The molecule has 0 saturated carbocycles. The lowest BCUT2D eigenvalue weighted by Crippen LogP contribution is -2.16. The zero-order chi connectivity index (χ0) is 19.9. The molecule has 0 aromatic heterocycles. The first-order chi connectivity index (χ1) is 13.7. The van der Waals surface area contributed by atoms with Crippen LogP contribution in [-0.4, -0.2) is 18.8 Å². The van der Waals surface area contributed by atoms with Crippen molar-refractivity contribution in [2.45, 2.75) is 102 Å². The van der Waals surface area contributed by atoms with Crippen molar-refractivity contribution in [3.8, 4) is 5.75 Å². The van der Waals surface area contributed by atoms with Gasteiger partial charge in [0, 0.05) is 0 Å². The molecule has 0 amide bonds. The molecule has 1 aromatic rings. The van der Waals surface area contributed by atoms with Crippen LogP contribution in [0.1, 0.15) is 96.0 Å². The van der Waals surface area contributed by atoms with Crippen LogP contribution in [0.15, 0.2) is 36.9 Å².